The Kier molecular flexibility index (Phi) is 4.36. The molecule has 1 saturated heterocycles. The highest BCUT2D eigenvalue weighted by atomic mass is 32.2. The van der Waals surface area contributed by atoms with E-state index in [-0.39, 0.29) is 10.9 Å². The second-order valence-corrected chi connectivity index (χ2v) is 7.63. The molecule has 0 atom stereocenters. The first-order valence-electron chi connectivity index (χ1n) is 6.84. The minimum absolute atomic E-state index is 0.0675. The van der Waals surface area contributed by atoms with Crippen molar-refractivity contribution in [1.29, 1.82) is 0 Å². The fourth-order valence-corrected chi connectivity index (χ4v) is 4.20. The zero-order chi connectivity index (χ0) is 14.9. The molecule has 0 bridgehead atoms. The Morgan fingerprint density at radius 2 is 1.85 bits per heavy atom. The van der Waals surface area contributed by atoms with Crippen molar-refractivity contribution in [2.45, 2.75) is 30.7 Å². The van der Waals surface area contributed by atoms with Gasteiger partial charge in [0.05, 0.1) is 4.90 Å². The van der Waals surface area contributed by atoms with Crippen LogP contribution in [-0.4, -0.2) is 50.8 Å². The lowest BCUT2D eigenvalue weighted by atomic mass is 10.1. The van der Waals surface area contributed by atoms with Gasteiger partial charge < -0.3 is 10.6 Å². The molecule has 0 saturated carbocycles. The zero-order valence-electron chi connectivity index (χ0n) is 12.3. The summed E-state index contributed by atoms with van der Waals surface area (Å²) in [6, 6.07) is 5.05. The van der Waals surface area contributed by atoms with Crippen molar-refractivity contribution >= 4 is 15.7 Å². The van der Waals surface area contributed by atoms with Crippen molar-refractivity contribution in [1.82, 2.24) is 9.21 Å². The minimum atomic E-state index is -3.47. The number of nitrogen functional groups attached to an aromatic ring is 1. The van der Waals surface area contributed by atoms with E-state index < -0.39 is 10.0 Å². The molecular weight excluding hydrogens is 274 g/mol. The summed E-state index contributed by atoms with van der Waals surface area (Å²) in [7, 11) is 0.266. The van der Waals surface area contributed by atoms with Crippen LogP contribution in [-0.2, 0) is 10.0 Å². The van der Waals surface area contributed by atoms with Crippen LogP contribution in [0.3, 0.4) is 0 Å². The van der Waals surface area contributed by atoms with Crippen LogP contribution in [0.4, 0.5) is 5.69 Å². The highest BCUT2D eigenvalue weighted by molar-refractivity contribution is 7.89. The number of hydrogen-bond donors (Lipinski definition) is 1. The standard InChI is InChI=1S/C14H23N3O2S/c1-11-8-12(15)10-14(9-11)20(18,19)17(3)13-4-6-16(2)7-5-13/h8-10,13H,4-7,15H2,1-3H3. The van der Waals surface area contributed by atoms with Gasteiger partial charge in [-0.05, 0) is 63.7 Å². The predicted octanol–water partition coefficient (Wildman–Crippen LogP) is 1.29. The summed E-state index contributed by atoms with van der Waals surface area (Å²) in [6.45, 7) is 3.71. The molecule has 2 N–H and O–H groups in total. The van der Waals surface area contributed by atoms with Crippen LogP contribution in [0.2, 0.25) is 0 Å². The largest absolute Gasteiger partial charge is 0.399 e. The molecule has 1 aliphatic rings. The van der Waals surface area contributed by atoms with Gasteiger partial charge in [0.25, 0.3) is 0 Å². The molecule has 6 heteroatoms. The van der Waals surface area contributed by atoms with Crippen molar-refractivity contribution in [2.75, 3.05) is 32.9 Å². The van der Waals surface area contributed by atoms with E-state index in [1.54, 1.807) is 19.2 Å². The molecule has 1 aliphatic heterocycles. The van der Waals surface area contributed by atoms with Gasteiger partial charge in [0.1, 0.15) is 0 Å². The Bertz CT molecular complexity index is 558. The number of benzene rings is 1. The number of likely N-dealkylation sites (tertiary alicyclic amines) is 1. The molecule has 1 fully saturated rings. The van der Waals surface area contributed by atoms with E-state index in [0.717, 1.165) is 31.5 Å². The summed E-state index contributed by atoms with van der Waals surface area (Å²) in [5, 5.41) is 0. The summed E-state index contributed by atoms with van der Waals surface area (Å²) < 4.78 is 26.9. The molecule has 1 aromatic carbocycles. The maximum atomic E-state index is 12.7. The molecule has 5 nitrogen and oxygen atoms in total. The van der Waals surface area contributed by atoms with Gasteiger partial charge >= 0.3 is 0 Å². The van der Waals surface area contributed by atoms with Crippen molar-refractivity contribution in [3.63, 3.8) is 0 Å². The monoisotopic (exact) mass is 297 g/mol. The molecule has 1 aromatic rings. The van der Waals surface area contributed by atoms with Crippen molar-refractivity contribution in [2.24, 2.45) is 0 Å². The molecular formula is C14H23N3O2S. The molecule has 0 amide bonds. The lowest BCUT2D eigenvalue weighted by Crippen LogP contribution is -2.44. The summed E-state index contributed by atoms with van der Waals surface area (Å²) in [4.78, 5) is 2.51. The van der Waals surface area contributed by atoms with Crippen LogP contribution in [0, 0.1) is 6.92 Å². The van der Waals surface area contributed by atoms with Crippen LogP contribution < -0.4 is 5.73 Å². The van der Waals surface area contributed by atoms with E-state index in [4.69, 9.17) is 5.73 Å². The molecule has 2 rings (SSSR count). The number of sulfonamides is 1. The van der Waals surface area contributed by atoms with Gasteiger partial charge in [0, 0.05) is 18.8 Å². The van der Waals surface area contributed by atoms with Gasteiger partial charge in [0.2, 0.25) is 10.0 Å². The molecule has 20 heavy (non-hydrogen) atoms. The molecule has 0 aromatic heterocycles. The van der Waals surface area contributed by atoms with Crippen LogP contribution in [0.5, 0.6) is 0 Å². The third-order valence-corrected chi connectivity index (χ3v) is 5.84. The Hall–Kier alpha value is -1.11. The smallest absolute Gasteiger partial charge is 0.243 e. The summed E-state index contributed by atoms with van der Waals surface area (Å²) in [6.07, 6.45) is 1.74. The Balaban J connectivity index is 2.25. The number of piperidine rings is 1. The maximum Gasteiger partial charge on any atom is 0.243 e. The number of anilines is 1. The van der Waals surface area contributed by atoms with Gasteiger partial charge in [-0.15, -0.1) is 0 Å². The van der Waals surface area contributed by atoms with Crippen molar-refractivity contribution in [3.8, 4) is 0 Å². The quantitative estimate of drug-likeness (QED) is 0.854. The summed E-state index contributed by atoms with van der Waals surface area (Å²) in [5.41, 5.74) is 7.11. The lowest BCUT2D eigenvalue weighted by Gasteiger charge is -2.34. The van der Waals surface area contributed by atoms with Gasteiger partial charge in [-0.2, -0.15) is 4.31 Å². The third-order valence-electron chi connectivity index (χ3n) is 3.95. The van der Waals surface area contributed by atoms with E-state index in [9.17, 15) is 8.42 Å². The number of aryl methyl sites for hydroxylation is 1. The Morgan fingerprint density at radius 3 is 2.40 bits per heavy atom. The van der Waals surface area contributed by atoms with Crippen LogP contribution in [0.15, 0.2) is 23.1 Å². The first-order chi connectivity index (χ1) is 9.30. The van der Waals surface area contributed by atoms with E-state index in [1.807, 2.05) is 6.92 Å². The fourth-order valence-electron chi connectivity index (χ4n) is 2.65. The van der Waals surface area contributed by atoms with Crippen LogP contribution in [0.1, 0.15) is 18.4 Å². The van der Waals surface area contributed by atoms with E-state index in [2.05, 4.69) is 11.9 Å². The Morgan fingerprint density at radius 1 is 1.25 bits per heavy atom. The number of nitrogens with zero attached hydrogens (tertiary/aromatic N) is 2. The van der Waals surface area contributed by atoms with Gasteiger partial charge in [-0.25, -0.2) is 8.42 Å². The average Bonchev–Trinajstić information content (AvgIpc) is 2.37. The highest BCUT2D eigenvalue weighted by Gasteiger charge is 2.30. The van der Waals surface area contributed by atoms with Crippen molar-refractivity contribution in [3.05, 3.63) is 23.8 Å². The molecule has 1 heterocycles. The van der Waals surface area contributed by atoms with E-state index in [1.165, 1.54) is 10.4 Å². The van der Waals surface area contributed by atoms with E-state index >= 15 is 0 Å². The molecule has 0 unspecified atom stereocenters. The number of hydrogen-bond acceptors (Lipinski definition) is 4. The number of nitrogens with two attached hydrogens (primary N) is 1. The zero-order valence-corrected chi connectivity index (χ0v) is 13.2. The molecule has 0 aliphatic carbocycles. The summed E-state index contributed by atoms with van der Waals surface area (Å²) in [5.74, 6) is 0. The summed E-state index contributed by atoms with van der Waals surface area (Å²) >= 11 is 0. The second kappa shape index (κ2) is 5.71. The fraction of sp³-hybridized carbons (Fsp3) is 0.571. The number of rotatable bonds is 3. The van der Waals surface area contributed by atoms with Gasteiger partial charge in [-0.3, -0.25) is 0 Å². The molecule has 0 radical (unpaired) electrons. The molecule has 112 valence electrons. The topological polar surface area (TPSA) is 66.6 Å². The Labute approximate surface area is 121 Å². The second-order valence-electron chi connectivity index (χ2n) is 5.64. The van der Waals surface area contributed by atoms with Crippen molar-refractivity contribution < 1.29 is 8.42 Å². The van der Waals surface area contributed by atoms with Crippen LogP contribution >= 0.6 is 0 Å². The average molecular weight is 297 g/mol. The normalized spacial score (nSPS) is 18.6. The van der Waals surface area contributed by atoms with E-state index in [0.29, 0.717) is 5.69 Å². The van der Waals surface area contributed by atoms with Gasteiger partial charge in [0.15, 0.2) is 0 Å². The first kappa shape index (κ1) is 15.3. The molecule has 0 spiro atoms. The lowest BCUT2D eigenvalue weighted by molar-refractivity contribution is 0.197. The van der Waals surface area contributed by atoms with Crippen LogP contribution in [0.25, 0.3) is 0 Å². The SMILES string of the molecule is Cc1cc(N)cc(S(=O)(=O)N(C)C2CCN(C)CC2)c1. The maximum absolute atomic E-state index is 12.7. The highest BCUT2D eigenvalue weighted by Crippen LogP contribution is 2.24. The van der Waals surface area contributed by atoms with Gasteiger partial charge in [-0.1, -0.05) is 0 Å². The minimum Gasteiger partial charge on any atom is -0.399 e. The third kappa shape index (κ3) is 3.13. The first-order valence-corrected chi connectivity index (χ1v) is 8.28. The predicted molar refractivity (Wildman–Crippen MR) is 81.1 cm³/mol.